The molecule has 0 fully saturated rings. The fraction of sp³-hybridized carbons (Fsp3) is 0.556. The Morgan fingerprint density at radius 1 is 1.38 bits per heavy atom. The highest BCUT2D eigenvalue weighted by molar-refractivity contribution is 7.92. The molecule has 1 heterocycles. The summed E-state index contributed by atoms with van der Waals surface area (Å²) in [6.45, 7) is 3.57. The van der Waals surface area contributed by atoms with E-state index in [-0.39, 0.29) is 6.54 Å². The third kappa shape index (κ3) is 3.06. The highest BCUT2D eigenvalue weighted by Gasteiger charge is 2.29. The zero-order chi connectivity index (χ0) is 12.4. The van der Waals surface area contributed by atoms with Gasteiger partial charge in [-0.25, -0.2) is 8.42 Å². The summed E-state index contributed by atoms with van der Waals surface area (Å²) in [4.78, 5) is 0. The molecule has 1 aromatic rings. The van der Waals surface area contributed by atoms with Crippen molar-refractivity contribution in [2.45, 2.75) is 18.6 Å². The van der Waals surface area contributed by atoms with Gasteiger partial charge in [-0.3, -0.25) is 0 Å². The highest BCUT2D eigenvalue weighted by Crippen LogP contribution is 2.15. The van der Waals surface area contributed by atoms with E-state index < -0.39 is 14.6 Å². The topological polar surface area (TPSA) is 98.0 Å². The average molecular weight is 244 g/mol. The molecule has 0 spiro atoms. The summed E-state index contributed by atoms with van der Waals surface area (Å²) in [7, 11) is -3.12. The lowest BCUT2D eigenvalue weighted by molar-refractivity contribution is 0.559. The molecule has 0 aliphatic carbocycles. The Balaban J connectivity index is 2.68. The van der Waals surface area contributed by atoms with Crippen molar-refractivity contribution in [3.8, 4) is 0 Å². The molecule has 7 heteroatoms. The molecule has 0 aliphatic heterocycles. The Labute approximate surface area is 95.2 Å². The number of nitrogens with two attached hydrogens (primary N) is 1. The summed E-state index contributed by atoms with van der Waals surface area (Å²) < 4.78 is 22.0. The predicted octanol–water partition coefficient (Wildman–Crippen LogP) is 0.294. The number of aromatic nitrogens is 2. The monoisotopic (exact) mass is 244 g/mol. The van der Waals surface area contributed by atoms with Gasteiger partial charge in [-0.2, -0.15) is 0 Å². The van der Waals surface area contributed by atoms with Gasteiger partial charge in [-0.05, 0) is 26.0 Å². The van der Waals surface area contributed by atoms with E-state index in [2.05, 4.69) is 15.5 Å². The summed E-state index contributed by atoms with van der Waals surface area (Å²) in [5.41, 5.74) is 5.38. The molecule has 16 heavy (non-hydrogen) atoms. The normalized spacial score (nSPS) is 12.4. The van der Waals surface area contributed by atoms with E-state index >= 15 is 0 Å². The molecule has 0 aromatic carbocycles. The molecule has 0 unspecified atom stereocenters. The van der Waals surface area contributed by atoms with E-state index in [1.54, 1.807) is 26.0 Å². The van der Waals surface area contributed by atoms with Gasteiger partial charge in [0.25, 0.3) is 0 Å². The van der Waals surface area contributed by atoms with Crippen molar-refractivity contribution in [2.24, 2.45) is 0 Å². The number of hydrogen-bond donors (Lipinski definition) is 2. The van der Waals surface area contributed by atoms with Crippen molar-refractivity contribution in [1.82, 2.24) is 10.2 Å². The first-order valence-corrected chi connectivity index (χ1v) is 6.64. The summed E-state index contributed by atoms with van der Waals surface area (Å²) >= 11 is 0. The van der Waals surface area contributed by atoms with E-state index in [0.717, 1.165) is 0 Å². The molecule has 1 rings (SSSR count). The van der Waals surface area contributed by atoms with Crippen molar-refractivity contribution in [1.29, 1.82) is 0 Å². The minimum atomic E-state index is -3.12. The molecule has 0 amide bonds. The number of anilines is 2. The quantitative estimate of drug-likeness (QED) is 0.790. The van der Waals surface area contributed by atoms with Crippen LogP contribution >= 0.6 is 0 Å². The third-order valence-electron chi connectivity index (χ3n) is 2.38. The lowest BCUT2D eigenvalue weighted by Gasteiger charge is -2.22. The van der Waals surface area contributed by atoms with Crippen LogP contribution in [0.2, 0.25) is 0 Å². The van der Waals surface area contributed by atoms with Crippen LogP contribution in [0.5, 0.6) is 0 Å². The van der Waals surface area contributed by atoms with Gasteiger partial charge in [-0.15, -0.1) is 10.2 Å². The molecular weight excluding hydrogens is 228 g/mol. The maximum absolute atomic E-state index is 11.4. The van der Waals surface area contributed by atoms with Crippen molar-refractivity contribution < 1.29 is 8.42 Å². The lowest BCUT2D eigenvalue weighted by atomic mass is 10.2. The van der Waals surface area contributed by atoms with Gasteiger partial charge in [-0.1, -0.05) is 0 Å². The van der Waals surface area contributed by atoms with E-state index in [4.69, 9.17) is 5.73 Å². The first kappa shape index (κ1) is 12.7. The van der Waals surface area contributed by atoms with Crippen molar-refractivity contribution >= 4 is 21.5 Å². The van der Waals surface area contributed by atoms with Gasteiger partial charge in [0.15, 0.2) is 9.84 Å². The molecule has 3 N–H and O–H groups in total. The first-order chi connectivity index (χ1) is 7.22. The fourth-order valence-electron chi connectivity index (χ4n) is 0.871. The number of sulfone groups is 1. The van der Waals surface area contributed by atoms with Crippen LogP contribution in [0.4, 0.5) is 11.6 Å². The summed E-state index contributed by atoms with van der Waals surface area (Å²) in [6.07, 6.45) is 1.21. The Hall–Kier alpha value is -1.37. The van der Waals surface area contributed by atoms with Crippen LogP contribution in [0.3, 0.4) is 0 Å². The van der Waals surface area contributed by atoms with Crippen molar-refractivity contribution in [2.75, 3.05) is 23.9 Å². The summed E-state index contributed by atoms with van der Waals surface area (Å²) in [5, 5.41) is 10.4. The predicted molar refractivity (Wildman–Crippen MR) is 63.9 cm³/mol. The molecule has 0 aliphatic rings. The average Bonchev–Trinajstić information content (AvgIpc) is 2.15. The second-order valence-corrected chi connectivity index (χ2v) is 6.88. The molecule has 0 atom stereocenters. The lowest BCUT2D eigenvalue weighted by Crippen LogP contribution is -2.38. The number of nitrogens with one attached hydrogen (secondary N) is 1. The molecular formula is C9H16N4O2S. The summed E-state index contributed by atoms with van der Waals surface area (Å²) in [6, 6.07) is 3.25. The van der Waals surface area contributed by atoms with Crippen LogP contribution in [0, 0.1) is 0 Å². The van der Waals surface area contributed by atoms with Crippen LogP contribution in [0.25, 0.3) is 0 Å². The summed E-state index contributed by atoms with van der Waals surface area (Å²) in [5.74, 6) is 0.832. The van der Waals surface area contributed by atoms with Crippen LogP contribution in [0.15, 0.2) is 12.1 Å². The Morgan fingerprint density at radius 2 is 2.00 bits per heavy atom. The van der Waals surface area contributed by atoms with Gasteiger partial charge in [0.05, 0.1) is 4.75 Å². The van der Waals surface area contributed by atoms with Crippen LogP contribution in [-0.2, 0) is 9.84 Å². The molecule has 1 aromatic heterocycles. The molecule has 90 valence electrons. The molecule has 6 nitrogen and oxygen atoms in total. The van der Waals surface area contributed by atoms with Gasteiger partial charge in [0.1, 0.15) is 11.6 Å². The van der Waals surface area contributed by atoms with E-state index in [1.165, 1.54) is 6.26 Å². The number of rotatable bonds is 4. The minimum Gasteiger partial charge on any atom is -0.382 e. The van der Waals surface area contributed by atoms with Crippen LogP contribution in [0.1, 0.15) is 13.8 Å². The highest BCUT2D eigenvalue weighted by atomic mass is 32.2. The third-order valence-corrected chi connectivity index (χ3v) is 4.54. The SMILES string of the molecule is CC(C)(CNc1ccc(N)nn1)S(C)(=O)=O. The number of nitrogen functional groups attached to an aromatic ring is 1. The Bertz CT molecular complexity index is 453. The maximum atomic E-state index is 11.4. The van der Waals surface area contributed by atoms with Gasteiger partial charge < -0.3 is 11.1 Å². The number of nitrogens with zero attached hydrogens (tertiary/aromatic N) is 2. The van der Waals surface area contributed by atoms with Gasteiger partial charge in [0.2, 0.25) is 0 Å². The smallest absolute Gasteiger partial charge is 0.154 e. The largest absolute Gasteiger partial charge is 0.382 e. The van der Waals surface area contributed by atoms with Crippen LogP contribution < -0.4 is 11.1 Å². The molecule has 0 saturated carbocycles. The van der Waals surface area contributed by atoms with Gasteiger partial charge >= 0.3 is 0 Å². The Morgan fingerprint density at radius 3 is 2.44 bits per heavy atom. The van der Waals surface area contributed by atoms with Crippen LogP contribution in [-0.4, -0.2) is 36.2 Å². The van der Waals surface area contributed by atoms with E-state index in [9.17, 15) is 8.42 Å². The molecule has 0 saturated heterocycles. The Kier molecular flexibility index (Phi) is 3.37. The second kappa shape index (κ2) is 4.25. The standard InChI is InChI=1S/C9H16N4O2S/c1-9(2,16(3,14)15)6-11-8-5-4-7(10)12-13-8/h4-5H,6H2,1-3H3,(H2,10,12)(H,11,13). The van der Waals surface area contributed by atoms with Gasteiger partial charge in [0, 0.05) is 12.8 Å². The van der Waals surface area contributed by atoms with E-state index in [1.807, 2.05) is 0 Å². The minimum absolute atomic E-state index is 0.268. The molecule has 0 radical (unpaired) electrons. The second-order valence-electron chi connectivity index (χ2n) is 4.23. The fourth-order valence-corrected chi connectivity index (χ4v) is 1.21. The zero-order valence-electron chi connectivity index (χ0n) is 9.56. The van der Waals surface area contributed by atoms with E-state index in [0.29, 0.717) is 11.6 Å². The zero-order valence-corrected chi connectivity index (χ0v) is 10.4. The van der Waals surface area contributed by atoms with Crippen molar-refractivity contribution in [3.05, 3.63) is 12.1 Å². The first-order valence-electron chi connectivity index (χ1n) is 4.75. The number of hydrogen-bond acceptors (Lipinski definition) is 6. The molecule has 0 bridgehead atoms. The van der Waals surface area contributed by atoms with Crippen molar-refractivity contribution in [3.63, 3.8) is 0 Å². The maximum Gasteiger partial charge on any atom is 0.154 e.